The maximum absolute atomic E-state index is 12.1. The zero-order valence-electron chi connectivity index (χ0n) is 9.57. The minimum atomic E-state index is -0.537. The fraction of sp³-hybridized carbons (Fsp3) is 0.818. The van der Waals surface area contributed by atoms with Crippen LogP contribution in [0.25, 0.3) is 0 Å². The van der Waals surface area contributed by atoms with Crippen molar-refractivity contribution in [3.8, 4) is 0 Å². The van der Waals surface area contributed by atoms with Gasteiger partial charge in [-0.25, -0.2) is 5.48 Å². The van der Waals surface area contributed by atoms with E-state index >= 15 is 0 Å². The molecule has 94 valence electrons. The number of carbonyl (C=O) groups excluding carboxylic acids is 2. The van der Waals surface area contributed by atoms with Crippen LogP contribution in [-0.4, -0.2) is 37.0 Å². The number of rotatable bonds is 2. The lowest BCUT2D eigenvalue weighted by Gasteiger charge is -2.19. The minimum Gasteiger partial charge on any atom is -0.341 e. The molecule has 0 spiro atoms. The fourth-order valence-corrected chi connectivity index (χ4v) is 3.19. The van der Waals surface area contributed by atoms with Gasteiger partial charge in [-0.05, 0) is 31.2 Å². The molecule has 3 N–H and O–H groups in total. The molecule has 0 bridgehead atoms. The van der Waals surface area contributed by atoms with Crippen molar-refractivity contribution in [1.29, 1.82) is 0 Å². The quantitative estimate of drug-likeness (QED) is 0.573. The van der Waals surface area contributed by atoms with E-state index in [1.807, 2.05) is 0 Å². The van der Waals surface area contributed by atoms with Gasteiger partial charge in [0.05, 0.1) is 6.04 Å². The number of hydroxylamine groups is 1. The third-order valence-corrected chi connectivity index (χ3v) is 4.08. The van der Waals surface area contributed by atoms with Crippen molar-refractivity contribution in [3.63, 3.8) is 0 Å². The standard InChI is InChI=1S/C11H17N3O3/c15-10-8(5-17-14-10)13-11(16)9-7-3-1-2-6(7)4-12-9/h6-9,12H,1-5H2,(H,13,16)(H,14,15)/t6?,7?,8-,9?/m1/s1. The number of amides is 2. The third-order valence-electron chi connectivity index (χ3n) is 4.08. The van der Waals surface area contributed by atoms with Gasteiger partial charge in [0, 0.05) is 0 Å². The monoisotopic (exact) mass is 239 g/mol. The van der Waals surface area contributed by atoms with Crippen LogP contribution in [0.5, 0.6) is 0 Å². The van der Waals surface area contributed by atoms with Gasteiger partial charge < -0.3 is 10.6 Å². The van der Waals surface area contributed by atoms with E-state index in [2.05, 4.69) is 16.1 Å². The smallest absolute Gasteiger partial charge is 0.268 e. The molecule has 2 amide bonds. The Morgan fingerprint density at radius 1 is 1.41 bits per heavy atom. The summed E-state index contributed by atoms with van der Waals surface area (Å²) in [6.07, 6.45) is 3.55. The lowest BCUT2D eigenvalue weighted by molar-refractivity contribution is -0.129. The predicted molar refractivity (Wildman–Crippen MR) is 58.6 cm³/mol. The average molecular weight is 239 g/mol. The van der Waals surface area contributed by atoms with E-state index in [-0.39, 0.29) is 24.5 Å². The second-order valence-electron chi connectivity index (χ2n) is 5.08. The summed E-state index contributed by atoms with van der Waals surface area (Å²) in [6, 6.07) is -0.666. The molecule has 0 aromatic carbocycles. The molecule has 2 aliphatic heterocycles. The molecule has 3 unspecified atom stereocenters. The third kappa shape index (κ3) is 1.91. The molecule has 2 saturated heterocycles. The van der Waals surface area contributed by atoms with Crippen LogP contribution < -0.4 is 16.1 Å². The number of fused-ring (bicyclic) bond motifs is 1. The van der Waals surface area contributed by atoms with E-state index in [0.29, 0.717) is 11.8 Å². The van der Waals surface area contributed by atoms with Gasteiger partial charge in [0.15, 0.2) is 0 Å². The topological polar surface area (TPSA) is 79.5 Å². The van der Waals surface area contributed by atoms with Gasteiger partial charge in [-0.15, -0.1) is 0 Å². The molecule has 3 fully saturated rings. The van der Waals surface area contributed by atoms with E-state index < -0.39 is 6.04 Å². The normalized spacial score (nSPS) is 40.1. The van der Waals surface area contributed by atoms with Crippen LogP contribution >= 0.6 is 0 Å². The maximum Gasteiger partial charge on any atom is 0.268 e. The molecule has 0 aromatic rings. The van der Waals surface area contributed by atoms with Crippen molar-refractivity contribution >= 4 is 11.8 Å². The summed E-state index contributed by atoms with van der Waals surface area (Å²) in [6.45, 7) is 1.14. The Kier molecular flexibility index (Phi) is 2.76. The van der Waals surface area contributed by atoms with Gasteiger partial charge >= 0.3 is 0 Å². The van der Waals surface area contributed by atoms with Crippen LogP contribution in [0.15, 0.2) is 0 Å². The first-order valence-electron chi connectivity index (χ1n) is 6.21. The SMILES string of the molecule is O=C(N[C@@H]1CONC1=O)C1NCC2CCCC21. The first-order valence-corrected chi connectivity index (χ1v) is 6.21. The van der Waals surface area contributed by atoms with E-state index in [9.17, 15) is 9.59 Å². The average Bonchev–Trinajstić information content (AvgIpc) is 2.94. The lowest BCUT2D eigenvalue weighted by atomic mass is 9.93. The van der Waals surface area contributed by atoms with E-state index in [1.165, 1.54) is 12.8 Å². The van der Waals surface area contributed by atoms with Crippen LogP contribution in [-0.2, 0) is 14.4 Å². The molecular formula is C11H17N3O3. The van der Waals surface area contributed by atoms with Crippen molar-refractivity contribution in [2.45, 2.75) is 31.3 Å². The molecule has 1 aliphatic carbocycles. The molecule has 2 heterocycles. The summed E-state index contributed by atoms with van der Waals surface area (Å²) in [5.74, 6) is 0.754. The summed E-state index contributed by atoms with van der Waals surface area (Å²) >= 11 is 0. The van der Waals surface area contributed by atoms with Gasteiger partial charge in [-0.1, -0.05) is 6.42 Å². The number of nitrogens with one attached hydrogen (secondary N) is 3. The maximum atomic E-state index is 12.1. The molecule has 1 saturated carbocycles. The highest BCUT2D eigenvalue weighted by Crippen LogP contribution is 2.37. The van der Waals surface area contributed by atoms with Crippen molar-refractivity contribution in [2.75, 3.05) is 13.2 Å². The van der Waals surface area contributed by atoms with E-state index in [0.717, 1.165) is 13.0 Å². The summed E-state index contributed by atoms with van der Waals surface area (Å²) in [5.41, 5.74) is 2.24. The van der Waals surface area contributed by atoms with Crippen LogP contribution in [0, 0.1) is 11.8 Å². The van der Waals surface area contributed by atoms with Crippen LogP contribution in [0.4, 0.5) is 0 Å². The van der Waals surface area contributed by atoms with Crippen LogP contribution in [0.2, 0.25) is 0 Å². The highest BCUT2D eigenvalue weighted by atomic mass is 16.7. The van der Waals surface area contributed by atoms with Crippen molar-refractivity contribution in [1.82, 2.24) is 16.1 Å². The molecule has 0 aromatic heterocycles. The number of carbonyl (C=O) groups is 2. The second-order valence-corrected chi connectivity index (χ2v) is 5.08. The summed E-state index contributed by atoms with van der Waals surface area (Å²) in [5, 5.41) is 6.01. The van der Waals surface area contributed by atoms with Crippen molar-refractivity contribution < 1.29 is 14.4 Å². The predicted octanol–water partition coefficient (Wildman–Crippen LogP) is -1.08. The Hall–Kier alpha value is -1.14. The molecule has 0 radical (unpaired) electrons. The first kappa shape index (κ1) is 11.0. The zero-order chi connectivity index (χ0) is 11.8. The van der Waals surface area contributed by atoms with Gasteiger partial charge in [0.25, 0.3) is 5.91 Å². The Bertz CT molecular complexity index is 347. The highest BCUT2D eigenvalue weighted by Gasteiger charge is 2.43. The van der Waals surface area contributed by atoms with Gasteiger partial charge in [0.2, 0.25) is 5.91 Å². The summed E-state index contributed by atoms with van der Waals surface area (Å²) in [4.78, 5) is 28.1. The Labute approximate surface area is 99.4 Å². The minimum absolute atomic E-state index is 0.0648. The van der Waals surface area contributed by atoms with E-state index in [1.54, 1.807) is 0 Å². The first-order chi connectivity index (χ1) is 8.25. The van der Waals surface area contributed by atoms with Gasteiger partial charge in [-0.3, -0.25) is 14.4 Å². The molecule has 17 heavy (non-hydrogen) atoms. The Morgan fingerprint density at radius 2 is 2.29 bits per heavy atom. The fourth-order valence-electron chi connectivity index (χ4n) is 3.19. The molecule has 4 atom stereocenters. The molecular weight excluding hydrogens is 222 g/mol. The molecule has 3 aliphatic rings. The Morgan fingerprint density at radius 3 is 3.06 bits per heavy atom. The van der Waals surface area contributed by atoms with Crippen molar-refractivity contribution in [2.24, 2.45) is 11.8 Å². The molecule has 6 heteroatoms. The molecule has 3 rings (SSSR count). The number of hydrogen-bond donors (Lipinski definition) is 3. The summed E-state index contributed by atoms with van der Waals surface area (Å²) < 4.78 is 0. The summed E-state index contributed by atoms with van der Waals surface area (Å²) in [7, 11) is 0. The second kappa shape index (κ2) is 4.27. The van der Waals surface area contributed by atoms with Crippen LogP contribution in [0.1, 0.15) is 19.3 Å². The van der Waals surface area contributed by atoms with Gasteiger partial charge in [-0.2, -0.15) is 0 Å². The van der Waals surface area contributed by atoms with Crippen molar-refractivity contribution in [3.05, 3.63) is 0 Å². The Balaban J connectivity index is 1.60. The zero-order valence-corrected chi connectivity index (χ0v) is 9.57. The van der Waals surface area contributed by atoms with Crippen LogP contribution in [0.3, 0.4) is 0 Å². The largest absolute Gasteiger partial charge is 0.341 e. The van der Waals surface area contributed by atoms with Gasteiger partial charge in [0.1, 0.15) is 12.6 Å². The lowest BCUT2D eigenvalue weighted by Crippen LogP contribution is -2.50. The number of hydrogen-bond acceptors (Lipinski definition) is 4. The highest BCUT2D eigenvalue weighted by molar-refractivity contribution is 5.90. The molecule has 6 nitrogen and oxygen atoms in total. The van der Waals surface area contributed by atoms with E-state index in [4.69, 9.17) is 4.84 Å².